The molecule has 8 saturated heterocycles. The molecule has 0 aromatic carbocycles. The van der Waals surface area contributed by atoms with E-state index in [0.29, 0.717) is 53.0 Å². The first-order valence-corrected chi connectivity index (χ1v) is 103. The van der Waals surface area contributed by atoms with E-state index in [1.165, 1.54) is 304 Å². The number of halogens is 20. The van der Waals surface area contributed by atoms with Crippen molar-refractivity contribution in [3.63, 3.8) is 0 Å². The van der Waals surface area contributed by atoms with Gasteiger partial charge in [0.05, 0.1) is 0 Å². The zero-order valence-electron chi connectivity index (χ0n) is 45.7. The SMILES string of the molecule is C1=C(N2CCCCC2)C(=[N+]2CCCCC2)C=C(N2CCCCC2)C1=[N+]1CCCCC1.C1=C(N2CCCCC2)C(=[N+]2CCCCC2)C=C(N2CCCCC2)C1=[N+]1CCCCC1.II.II.II.II.I[I-]I.I[I-]I.I[I-]I.I[I-]I. The molecule has 8 heterocycles. The minimum atomic E-state index is 0.530. The molecular formula is C52H84I20N8. The number of allylic oxidation sites excluding steroid dienone is 4. The van der Waals surface area contributed by atoms with Crippen LogP contribution in [0.5, 0.6) is 0 Å². The van der Waals surface area contributed by atoms with Crippen molar-refractivity contribution in [2.45, 2.75) is 154 Å². The van der Waals surface area contributed by atoms with Gasteiger partial charge in [0, 0.05) is 277 Å². The normalized spacial score (nSPS) is 21.4. The van der Waals surface area contributed by atoms with Crippen LogP contribution in [0.2, 0.25) is 0 Å². The molecule has 0 atom stereocenters. The monoisotopic (exact) mass is 3360 g/mol. The summed E-state index contributed by atoms with van der Waals surface area (Å²) in [5.41, 5.74) is 12.3. The van der Waals surface area contributed by atoms with E-state index in [1.807, 2.05) is 0 Å². The number of hydrogen-bond acceptors (Lipinski definition) is 4. The Labute approximate surface area is 699 Å². The van der Waals surface area contributed by atoms with Crippen LogP contribution in [0.1, 0.15) is 154 Å². The summed E-state index contributed by atoms with van der Waals surface area (Å²) in [4.78, 5) is 10.9. The summed E-state index contributed by atoms with van der Waals surface area (Å²) >= 11 is 38.2. The molecule has 0 radical (unpaired) electrons. The fourth-order valence-corrected chi connectivity index (χ4v) is 12.2. The number of likely N-dealkylation sites (tertiary alicyclic amines) is 4. The van der Waals surface area contributed by atoms with Gasteiger partial charge in [-0.15, -0.1) is 0 Å². The third kappa shape index (κ3) is 36.0. The van der Waals surface area contributed by atoms with E-state index in [-0.39, 0.29) is 0 Å². The van der Waals surface area contributed by atoms with E-state index >= 15 is 0 Å². The Morgan fingerprint density at radius 2 is 0.350 bits per heavy atom. The zero-order valence-corrected chi connectivity index (χ0v) is 88.9. The van der Waals surface area contributed by atoms with E-state index < -0.39 is 0 Å². The quantitative estimate of drug-likeness (QED) is 0.159. The average Bonchev–Trinajstić information content (AvgIpc) is 3.55. The summed E-state index contributed by atoms with van der Waals surface area (Å²) in [5.74, 6) is 0. The van der Waals surface area contributed by atoms with Gasteiger partial charge >= 0.3 is 202 Å². The molecule has 2 aliphatic carbocycles. The first-order chi connectivity index (χ1) is 39.5. The fourth-order valence-electron chi connectivity index (χ4n) is 12.2. The minimum absolute atomic E-state index is 0.530. The van der Waals surface area contributed by atoms with E-state index in [4.69, 9.17) is 0 Å². The van der Waals surface area contributed by atoms with Crippen molar-refractivity contribution in [1.29, 1.82) is 0 Å². The van der Waals surface area contributed by atoms with Gasteiger partial charge in [-0.25, -0.2) is 18.3 Å². The van der Waals surface area contributed by atoms with Gasteiger partial charge in [0.2, 0.25) is 22.8 Å². The molecule has 0 aromatic heterocycles. The van der Waals surface area contributed by atoms with Crippen LogP contribution in [0.4, 0.5) is 0 Å². The van der Waals surface area contributed by atoms with Gasteiger partial charge in [-0.3, -0.25) is 0 Å². The number of rotatable bonds is 4. The van der Waals surface area contributed by atoms with Crippen LogP contribution in [0.25, 0.3) is 0 Å². The van der Waals surface area contributed by atoms with Crippen molar-refractivity contribution in [3.05, 3.63) is 47.1 Å². The molecule has 0 amide bonds. The van der Waals surface area contributed by atoms with Gasteiger partial charge in [-0.1, -0.05) is 0 Å². The molecule has 8 fully saturated rings. The van der Waals surface area contributed by atoms with Crippen molar-refractivity contribution >= 4 is 321 Å². The molecule has 80 heavy (non-hydrogen) atoms. The maximum atomic E-state index is 2.72. The maximum absolute atomic E-state index is 2.72. The molecular weight excluding hydrogens is 3270 g/mol. The van der Waals surface area contributed by atoms with Crippen LogP contribution in [-0.2, 0) is 0 Å². The molecule has 10 rings (SSSR count). The Balaban J connectivity index is 0.000000606. The number of nitrogens with zero attached hydrogens (tertiary/aromatic N) is 8. The summed E-state index contributed by atoms with van der Waals surface area (Å²) in [6.07, 6.45) is 43.4. The van der Waals surface area contributed by atoms with E-state index in [2.05, 4.69) is 360 Å². The first kappa shape index (κ1) is 89.5. The zero-order chi connectivity index (χ0) is 59.2. The van der Waals surface area contributed by atoms with Gasteiger partial charge in [0.15, 0.2) is 0 Å². The Morgan fingerprint density at radius 3 is 0.487 bits per heavy atom. The molecule has 10 aliphatic rings. The first-order valence-electron chi connectivity index (χ1n) is 27.9. The van der Waals surface area contributed by atoms with E-state index in [9.17, 15) is 0 Å². The summed E-state index contributed by atoms with van der Waals surface area (Å²) in [5, 5.41) is 0. The van der Waals surface area contributed by atoms with Gasteiger partial charge in [0.25, 0.3) is 0 Å². The summed E-state index contributed by atoms with van der Waals surface area (Å²) in [6, 6.07) is 0. The predicted molar refractivity (Wildman–Crippen MR) is 474 cm³/mol. The molecule has 0 N–H and O–H groups in total. The van der Waals surface area contributed by atoms with Gasteiger partial charge < -0.3 is 19.6 Å². The topological polar surface area (TPSA) is 25.0 Å². The Bertz CT molecular complexity index is 1580. The molecule has 0 spiro atoms. The van der Waals surface area contributed by atoms with Crippen LogP contribution in [0, 0.1) is 0 Å². The second kappa shape index (κ2) is 62.7. The molecule has 8 aliphatic heterocycles. The molecule has 0 aromatic rings. The van der Waals surface area contributed by atoms with Crippen LogP contribution in [0.15, 0.2) is 47.1 Å². The van der Waals surface area contributed by atoms with E-state index in [1.54, 1.807) is 0 Å². The second-order valence-corrected chi connectivity index (χ2v) is 85.2. The molecule has 0 saturated carbocycles. The summed E-state index contributed by atoms with van der Waals surface area (Å²) in [6.45, 7) is 19.8. The summed E-state index contributed by atoms with van der Waals surface area (Å²) < 4.78 is 10.9. The van der Waals surface area contributed by atoms with E-state index in [0.717, 1.165) is 0 Å². The number of hydrogen-bond donors (Lipinski definition) is 0. The van der Waals surface area contributed by atoms with Crippen molar-refractivity contribution < 1.29 is 71.3 Å². The molecule has 0 unspecified atom stereocenters. The fraction of sp³-hybridized carbons (Fsp3) is 0.769. The van der Waals surface area contributed by atoms with Crippen LogP contribution < -0.4 is 53.0 Å². The van der Waals surface area contributed by atoms with Crippen molar-refractivity contribution in [2.75, 3.05) is 105 Å². The van der Waals surface area contributed by atoms with Crippen molar-refractivity contribution in [3.8, 4) is 0 Å². The third-order valence-electron chi connectivity index (χ3n) is 15.7. The Morgan fingerprint density at radius 1 is 0.225 bits per heavy atom. The van der Waals surface area contributed by atoms with Gasteiger partial charge in [-0.05, 0) is 103 Å². The van der Waals surface area contributed by atoms with Gasteiger partial charge in [-0.2, -0.15) is 0 Å². The summed E-state index contributed by atoms with van der Waals surface area (Å²) in [7, 11) is 0. The van der Waals surface area contributed by atoms with Crippen LogP contribution >= 0.6 is 298 Å². The predicted octanol–water partition coefficient (Wildman–Crippen LogP) is 10.2. The van der Waals surface area contributed by atoms with Crippen molar-refractivity contribution in [1.82, 2.24) is 19.6 Å². The third-order valence-corrected chi connectivity index (χ3v) is 15.7. The van der Waals surface area contributed by atoms with Crippen LogP contribution in [0.3, 0.4) is 0 Å². The average molecular weight is 3360 g/mol. The molecule has 0 bridgehead atoms. The van der Waals surface area contributed by atoms with Gasteiger partial charge in [0.1, 0.15) is 75.1 Å². The van der Waals surface area contributed by atoms with Crippen LogP contribution in [-0.4, -0.2) is 165 Å². The second-order valence-electron chi connectivity index (χ2n) is 20.3. The number of piperidine rings is 8. The standard InChI is InChI=1S/2C26H42N4.4I3.4I2/c2*1-5-13-27(14-6-1)23-21-25(29-17-9-3-10-18-29)26(30-19-11-4-12-20-30)22-24(23)28-15-7-2-8-16-28;4*1-3-2;4*1-2/h2*21-22H,1-20H2;;;;;;;;/q2*+2;4*-1;;;;. The molecule has 8 nitrogen and oxygen atoms in total. The Hall–Kier alpha value is 11.4. The molecule has 472 valence electrons. The Kier molecular flexibility index (Phi) is 70.1. The van der Waals surface area contributed by atoms with Crippen molar-refractivity contribution in [2.24, 2.45) is 0 Å². The molecule has 28 heteroatoms.